The Morgan fingerprint density at radius 2 is 2.04 bits per heavy atom. The van der Waals surface area contributed by atoms with E-state index in [9.17, 15) is 14.9 Å². The van der Waals surface area contributed by atoms with Crippen molar-refractivity contribution in [3.63, 3.8) is 0 Å². The standard InChI is InChI=1S/C16H15ClN2O3S/c17-13-1-2-15(19(21)22)14(9-13)16(20)18-6-3-11(4-7-18)12-5-8-23-10-12/h1-2,5,8-11H,3-4,6-7H2. The molecule has 5 nitrogen and oxygen atoms in total. The predicted octanol–water partition coefficient (Wildman–Crippen LogP) is 4.33. The number of rotatable bonds is 3. The van der Waals surface area contributed by atoms with E-state index in [2.05, 4.69) is 16.8 Å². The van der Waals surface area contributed by atoms with Gasteiger partial charge in [0, 0.05) is 24.2 Å². The van der Waals surface area contributed by atoms with Gasteiger partial charge in [0.25, 0.3) is 11.6 Å². The summed E-state index contributed by atoms with van der Waals surface area (Å²) < 4.78 is 0. The molecule has 2 aromatic rings. The lowest BCUT2D eigenvalue weighted by Crippen LogP contribution is -2.38. The van der Waals surface area contributed by atoms with E-state index in [0.717, 1.165) is 12.8 Å². The molecule has 7 heteroatoms. The first-order chi connectivity index (χ1) is 11.1. The molecule has 3 rings (SSSR count). The van der Waals surface area contributed by atoms with Crippen LogP contribution in [-0.2, 0) is 0 Å². The molecule has 120 valence electrons. The molecule has 0 N–H and O–H groups in total. The lowest BCUT2D eigenvalue weighted by atomic mass is 9.91. The molecule has 1 amide bonds. The molecule has 2 heterocycles. The third-order valence-corrected chi connectivity index (χ3v) is 5.12. The number of likely N-dealkylation sites (tertiary alicyclic amines) is 1. The average Bonchev–Trinajstić information content (AvgIpc) is 3.08. The van der Waals surface area contributed by atoms with E-state index in [-0.39, 0.29) is 17.2 Å². The number of halogens is 1. The van der Waals surface area contributed by atoms with Gasteiger partial charge in [0.05, 0.1) is 4.92 Å². The summed E-state index contributed by atoms with van der Waals surface area (Å²) in [7, 11) is 0. The Morgan fingerprint density at radius 3 is 2.65 bits per heavy atom. The predicted molar refractivity (Wildman–Crippen MR) is 90.3 cm³/mol. The number of carbonyl (C=O) groups excluding carboxylic acids is 1. The highest BCUT2D eigenvalue weighted by atomic mass is 35.5. The van der Waals surface area contributed by atoms with Crippen LogP contribution in [0.2, 0.25) is 5.02 Å². The molecule has 1 aliphatic rings. The summed E-state index contributed by atoms with van der Waals surface area (Å²) >= 11 is 7.58. The number of nitro benzene ring substituents is 1. The fourth-order valence-electron chi connectivity index (χ4n) is 2.93. The molecule has 1 fully saturated rings. The molecular formula is C16H15ClN2O3S. The lowest BCUT2D eigenvalue weighted by Gasteiger charge is -2.31. The highest BCUT2D eigenvalue weighted by Crippen LogP contribution is 2.31. The van der Waals surface area contributed by atoms with Crippen molar-refractivity contribution in [2.24, 2.45) is 0 Å². The second-order valence-electron chi connectivity index (χ2n) is 5.54. The Balaban J connectivity index is 1.75. The number of thiophene rings is 1. The van der Waals surface area contributed by atoms with Gasteiger partial charge in [-0.2, -0.15) is 11.3 Å². The largest absolute Gasteiger partial charge is 0.338 e. The molecule has 0 radical (unpaired) electrons. The summed E-state index contributed by atoms with van der Waals surface area (Å²) in [6, 6.07) is 6.22. The van der Waals surface area contributed by atoms with Crippen LogP contribution in [0, 0.1) is 10.1 Å². The zero-order valence-corrected chi connectivity index (χ0v) is 13.8. The van der Waals surface area contributed by atoms with Crippen molar-refractivity contribution in [3.8, 4) is 0 Å². The summed E-state index contributed by atoms with van der Waals surface area (Å²) in [6.07, 6.45) is 1.74. The van der Waals surface area contributed by atoms with Crippen LogP contribution in [0.15, 0.2) is 35.0 Å². The number of hydrogen-bond acceptors (Lipinski definition) is 4. The first kappa shape index (κ1) is 16.0. The molecule has 1 aliphatic heterocycles. The molecule has 0 atom stereocenters. The fraction of sp³-hybridized carbons (Fsp3) is 0.312. The molecule has 0 bridgehead atoms. The fourth-order valence-corrected chi connectivity index (χ4v) is 3.85. The van der Waals surface area contributed by atoms with Crippen molar-refractivity contribution in [2.45, 2.75) is 18.8 Å². The first-order valence-electron chi connectivity index (χ1n) is 7.31. The zero-order chi connectivity index (χ0) is 16.4. The maximum absolute atomic E-state index is 12.6. The topological polar surface area (TPSA) is 63.4 Å². The molecule has 0 saturated carbocycles. The molecule has 0 aliphatic carbocycles. The van der Waals surface area contributed by atoms with Gasteiger partial charge in [-0.05, 0) is 53.3 Å². The van der Waals surface area contributed by atoms with Crippen LogP contribution in [0.4, 0.5) is 5.69 Å². The van der Waals surface area contributed by atoms with Gasteiger partial charge in [0.1, 0.15) is 5.56 Å². The van der Waals surface area contributed by atoms with E-state index >= 15 is 0 Å². The van der Waals surface area contributed by atoms with Gasteiger partial charge in [0.15, 0.2) is 0 Å². The number of benzene rings is 1. The maximum Gasteiger partial charge on any atom is 0.282 e. The van der Waals surface area contributed by atoms with Crippen molar-refractivity contribution in [1.29, 1.82) is 0 Å². The van der Waals surface area contributed by atoms with Crippen molar-refractivity contribution < 1.29 is 9.72 Å². The number of hydrogen-bond donors (Lipinski definition) is 0. The Hall–Kier alpha value is -1.92. The van der Waals surface area contributed by atoms with Crippen LogP contribution in [0.5, 0.6) is 0 Å². The van der Waals surface area contributed by atoms with Gasteiger partial charge in [-0.25, -0.2) is 0 Å². The van der Waals surface area contributed by atoms with E-state index in [0.29, 0.717) is 24.0 Å². The Labute approximate surface area is 142 Å². The molecule has 23 heavy (non-hydrogen) atoms. The highest BCUT2D eigenvalue weighted by Gasteiger charge is 2.29. The second-order valence-corrected chi connectivity index (χ2v) is 6.76. The van der Waals surface area contributed by atoms with Crippen LogP contribution >= 0.6 is 22.9 Å². The van der Waals surface area contributed by atoms with Crippen LogP contribution in [0.25, 0.3) is 0 Å². The SMILES string of the molecule is O=C(c1cc(Cl)ccc1[N+](=O)[O-])N1CCC(c2ccsc2)CC1. The van der Waals surface area contributed by atoms with E-state index in [1.807, 2.05) is 0 Å². The third kappa shape index (κ3) is 3.38. The van der Waals surface area contributed by atoms with Gasteiger partial charge in [0.2, 0.25) is 0 Å². The zero-order valence-electron chi connectivity index (χ0n) is 12.3. The summed E-state index contributed by atoms with van der Waals surface area (Å²) in [4.78, 5) is 24.9. The normalized spacial score (nSPS) is 15.6. The summed E-state index contributed by atoms with van der Waals surface area (Å²) in [5, 5.41) is 15.6. The van der Waals surface area contributed by atoms with E-state index in [1.54, 1.807) is 16.2 Å². The van der Waals surface area contributed by atoms with Crippen molar-refractivity contribution in [2.75, 3.05) is 13.1 Å². The van der Waals surface area contributed by atoms with Gasteiger partial charge in [-0.15, -0.1) is 0 Å². The van der Waals surface area contributed by atoms with Gasteiger partial charge < -0.3 is 4.90 Å². The molecular weight excluding hydrogens is 336 g/mol. The summed E-state index contributed by atoms with van der Waals surface area (Å²) in [6.45, 7) is 1.20. The minimum atomic E-state index is -0.540. The van der Waals surface area contributed by atoms with E-state index < -0.39 is 4.92 Å². The monoisotopic (exact) mass is 350 g/mol. The van der Waals surface area contributed by atoms with Crippen LogP contribution in [-0.4, -0.2) is 28.8 Å². The molecule has 0 spiro atoms. The van der Waals surface area contributed by atoms with E-state index in [4.69, 9.17) is 11.6 Å². The van der Waals surface area contributed by atoms with Gasteiger partial charge in [-0.3, -0.25) is 14.9 Å². The summed E-state index contributed by atoms with van der Waals surface area (Å²) in [5.74, 6) is 0.141. The second kappa shape index (κ2) is 6.68. The first-order valence-corrected chi connectivity index (χ1v) is 8.63. The Kier molecular flexibility index (Phi) is 4.63. The third-order valence-electron chi connectivity index (χ3n) is 4.18. The quantitative estimate of drug-likeness (QED) is 0.611. The molecule has 1 aromatic heterocycles. The molecule has 0 unspecified atom stereocenters. The van der Waals surface area contributed by atoms with Crippen molar-refractivity contribution in [3.05, 3.63) is 61.3 Å². The van der Waals surface area contributed by atoms with Crippen molar-refractivity contribution in [1.82, 2.24) is 4.90 Å². The van der Waals surface area contributed by atoms with Gasteiger partial charge >= 0.3 is 0 Å². The number of piperidine rings is 1. The van der Waals surface area contributed by atoms with Crippen molar-refractivity contribution >= 4 is 34.5 Å². The maximum atomic E-state index is 12.6. The average molecular weight is 351 g/mol. The van der Waals surface area contributed by atoms with Crippen LogP contribution < -0.4 is 0 Å². The summed E-state index contributed by atoms with van der Waals surface area (Å²) in [5.41, 5.74) is 1.19. The van der Waals surface area contributed by atoms with Crippen LogP contribution in [0.1, 0.15) is 34.7 Å². The van der Waals surface area contributed by atoms with E-state index in [1.165, 1.54) is 23.8 Å². The minimum absolute atomic E-state index is 0.0662. The minimum Gasteiger partial charge on any atom is -0.338 e. The lowest BCUT2D eigenvalue weighted by molar-refractivity contribution is -0.385. The number of amides is 1. The number of carbonyl (C=O) groups is 1. The molecule has 1 saturated heterocycles. The Morgan fingerprint density at radius 1 is 1.30 bits per heavy atom. The Bertz CT molecular complexity index is 725. The molecule has 1 aromatic carbocycles. The smallest absolute Gasteiger partial charge is 0.282 e. The van der Waals surface area contributed by atoms with Gasteiger partial charge in [-0.1, -0.05) is 11.6 Å². The highest BCUT2D eigenvalue weighted by molar-refractivity contribution is 7.07. The number of nitro groups is 1. The van der Waals surface area contributed by atoms with Crippen LogP contribution in [0.3, 0.4) is 0 Å². The number of nitrogens with zero attached hydrogens (tertiary/aromatic N) is 2.